The summed E-state index contributed by atoms with van der Waals surface area (Å²) in [5.41, 5.74) is 1.24. The lowest BCUT2D eigenvalue weighted by Gasteiger charge is -2.28. The number of carbonyl (C=O) groups excluding carboxylic acids is 2. The Morgan fingerprint density at radius 3 is 2.71 bits per heavy atom. The first kappa shape index (κ1) is 27.1. The minimum atomic E-state index is -0.547. The molecule has 202 valence electrons. The first-order valence-electron chi connectivity index (χ1n) is 12.6. The van der Waals surface area contributed by atoms with E-state index in [0.717, 1.165) is 32.2 Å². The molecule has 0 aliphatic heterocycles. The van der Waals surface area contributed by atoms with Crippen molar-refractivity contribution in [2.45, 2.75) is 58.7 Å². The summed E-state index contributed by atoms with van der Waals surface area (Å²) < 4.78 is 20.8. The van der Waals surface area contributed by atoms with Crippen LogP contribution in [0.1, 0.15) is 54.5 Å². The van der Waals surface area contributed by atoms with Gasteiger partial charge in [0, 0.05) is 26.1 Å². The highest BCUT2D eigenvalue weighted by atomic mass is 19.1. The van der Waals surface area contributed by atoms with Crippen LogP contribution in [0.15, 0.2) is 30.6 Å². The van der Waals surface area contributed by atoms with E-state index in [1.807, 2.05) is 0 Å². The van der Waals surface area contributed by atoms with Crippen molar-refractivity contribution in [3.63, 3.8) is 0 Å². The molecule has 0 atom stereocenters. The van der Waals surface area contributed by atoms with E-state index in [2.05, 4.69) is 30.7 Å². The zero-order valence-corrected chi connectivity index (χ0v) is 21.5. The molecule has 0 saturated heterocycles. The van der Waals surface area contributed by atoms with Crippen molar-refractivity contribution in [1.29, 1.82) is 0 Å². The molecule has 1 aliphatic carbocycles. The second-order valence-electron chi connectivity index (χ2n) is 9.41. The molecule has 0 spiro atoms. The predicted molar refractivity (Wildman–Crippen MR) is 135 cm³/mol. The minimum absolute atomic E-state index is 0.00778. The van der Waals surface area contributed by atoms with Gasteiger partial charge in [-0.15, -0.1) is 5.10 Å². The Labute approximate surface area is 219 Å². The fourth-order valence-electron chi connectivity index (χ4n) is 4.54. The van der Waals surface area contributed by atoms with E-state index in [1.165, 1.54) is 12.1 Å². The maximum absolute atomic E-state index is 13.9. The smallest absolute Gasteiger partial charge is 0.270 e. The van der Waals surface area contributed by atoms with E-state index in [0.29, 0.717) is 28.8 Å². The fourth-order valence-corrected chi connectivity index (χ4v) is 4.54. The van der Waals surface area contributed by atoms with Gasteiger partial charge in [-0.3, -0.25) is 14.3 Å². The van der Waals surface area contributed by atoms with Crippen molar-refractivity contribution in [3.8, 4) is 17.3 Å². The van der Waals surface area contributed by atoms with E-state index in [-0.39, 0.29) is 43.2 Å². The van der Waals surface area contributed by atoms with E-state index in [4.69, 9.17) is 9.84 Å². The van der Waals surface area contributed by atoms with Crippen LogP contribution < -0.4 is 15.4 Å². The fraction of sp³-hybridized carbons (Fsp3) is 0.462. The van der Waals surface area contributed by atoms with E-state index >= 15 is 0 Å². The number of aliphatic hydroxyl groups excluding tert-OH is 1. The molecule has 12 heteroatoms. The summed E-state index contributed by atoms with van der Waals surface area (Å²) in [5, 5.41) is 19.2. The number of ether oxygens (including phenoxy) is 1. The van der Waals surface area contributed by atoms with Crippen molar-refractivity contribution >= 4 is 11.8 Å². The summed E-state index contributed by atoms with van der Waals surface area (Å²) in [4.78, 5) is 37.1. The van der Waals surface area contributed by atoms with Gasteiger partial charge in [-0.2, -0.15) is 0 Å². The van der Waals surface area contributed by atoms with Crippen molar-refractivity contribution in [2.75, 3.05) is 13.2 Å². The largest absolute Gasteiger partial charge is 0.488 e. The zero-order valence-electron chi connectivity index (χ0n) is 21.5. The number of amides is 2. The van der Waals surface area contributed by atoms with Gasteiger partial charge in [-0.1, -0.05) is 6.07 Å². The van der Waals surface area contributed by atoms with Gasteiger partial charge in [0.25, 0.3) is 5.91 Å². The predicted octanol–water partition coefficient (Wildman–Crippen LogP) is 2.18. The van der Waals surface area contributed by atoms with Crippen molar-refractivity contribution < 1.29 is 23.8 Å². The first-order valence-corrected chi connectivity index (χ1v) is 12.6. The van der Waals surface area contributed by atoms with Crippen LogP contribution in [0.4, 0.5) is 4.39 Å². The molecule has 2 amide bonds. The Kier molecular flexibility index (Phi) is 8.95. The number of hydrogen-bond donors (Lipinski definition) is 3. The van der Waals surface area contributed by atoms with Crippen LogP contribution in [0.25, 0.3) is 11.5 Å². The van der Waals surface area contributed by atoms with Gasteiger partial charge in [0.1, 0.15) is 30.1 Å². The molecule has 3 N–H and O–H groups in total. The molecule has 38 heavy (non-hydrogen) atoms. The van der Waals surface area contributed by atoms with Gasteiger partial charge >= 0.3 is 0 Å². The third-order valence-corrected chi connectivity index (χ3v) is 6.33. The van der Waals surface area contributed by atoms with Crippen LogP contribution in [0.3, 0.4) is 0 Å². The highest BCUT2D eigenvalue weighted by molar-refractivity contribution is 5.93. The second-order valence-corrected chi connectivity index (χ2v) is 9.41. The van der Waals surface area contributed by atoms with Crippen LogP contribution in [0, 0.1) is 18.7 Å². The van der Waals surface area contributed by atoms with Crippen LogP contribution in [-0.2, 0) is 17.9 Å². The number of aliphatic hydroxyl groups is 1. The lowest BCUT2D eigenvalue weighted by molar-refractivity contribution is -0.119. The lowest BCUT2D eigenvalue weighted by Crippen LogP contribution is -2.36. The Balaban J connectivity index is 1.37. The lowest BCUT2D eigenvalue weighted by atomic mass is 9.86. The number of nitrogens with zero attached hydrogens (tertiary/aromatic N) is 5. The first-order chi connectivity index (χ1) is 18.3. The summed E-state index contributed by atoms with van der Waals surface area (Å²) in [6, 6.07) is 6.05. The van der Waals surface area contributed by atoms with Crippen LogP contribution in [0.5, 0.6) is 5.75 Å². The van der Waals surface area contributed by atoms with E-state index < -0.39 is 11.7 Å². The number of aryl methyl sites for hydroxylation is 1. The average Bonchev–Trinajstić information content (AvgIpc) is 3.36. The maximum atomic E-state index is 13.9. The molecule has 4 rings (SSSR count). The Morgan fingerprint density at radius 2 is 1.97 bits per heavy atom. The highest BCUT2D eigenvalue weighted by Gasteiger charge is 2.23. The molecule has 0 bridgehead atoms. The van der Waals surface area contributed by atoms with Crippen molar-refractivity contribution in [1.82, 2.24) is 35.4 Å². The van der Waals surface area contributed by atoms with Crippen LogP contribution >= 0.6 is 0 Å². The Bertz CT molecular complexity index is 1270. The van der Waals surface area contributed by atoms with Crippen LogP contribution in [-0.4, -0.2) is 60.9 Å². The number of halogens is 1. The molecule has 1 fully saturated rings. The molecule has 1 saturated carbocycles. The topological polar surface area (TPSA) is 144 Å². The van der Waals surface area contributed by atoms with E-state index in [9.17, 15) is 14.0 Å². The summed E-state index contributed by atoms with van der Waals surface area (Å²) in [6.07, 6.45) is 5.56. The third-order valence-electron chi connectivity index (χ3n) is 6.33. The van der Waals surface area contributed by atoms with Gasteiger partial charge in [-0.25, -0.2) is 19.3 Å². The molecule has 3 aromatic rings. The number of aromatic nitrogens is 5. The highest BCUT2D eigenvalue weighted by Crippen LogP contribution is 2.26. The Morgan fingerprint density at radius 1 is 1.18 bits per heavy atom. The molecule has 0 radical (unpaired) electrons. The summed E-state index contributed by atoms with van der Waals surface area (Å²) in [7, 11) is 0. The normalized spacial score (nSPS) is 17.2. The summed E-state index contributed by atoms with van der Waals surface area (Å²) >= 11 is 0. The number of hydrogen-bond acceptors (Lipinski definition) is 8. The van der Waals surface area contributed by atoms with Crippen molar-refractivity contribution in [3.05, 3.63) is 53.5 Å². The molecular weight excluding hydrogens is 493 g/mol. The summed E-state index contributed by atoms with van der Waals surface area (Å²) in [5.74, 6) is 0.305. The molecular formula is C26H32FN7O4. The van der Waals surface area contributed by atoms with Gasteiger partial charge in [0.05, 0.1) is 6.61 Å². The molecule has 2 heterocycles. The minimum Gasteiger partial charge on any atom is -0.488 e. The van der Waals surface area contributed by atoms with E-state index in [1.54, 1.807) is 37.0 Å². The second kappa shape index (κ2) is 12.5. The summed E-state index contributed by atoms with van der Waals surface area (Å²) in [6.45, 7) is 3.83. The molecule has 1 aliphatic rings. The maximum Gasteiger partial charge on any atom is 0.270 e. The number of benzene rings is 1. The molecule has 0 unspecified atom stereocenters. The van der Waals surface area contributed by atoms with Gasteiger partial charge in [0.15, 0.2) is 17.4 Å². The van der Waals surface area contributed by atoms with Crippen LogP contribution in [0.2, 0.25) is 0 Å². The Hall–Kier alpha value is -3.93. The molecule has 11 nitrogen and oxygen atoms in total. The molecule has 1 aromatic carbocycles. The quantitative estimate of drug-likeness (QED) is 0.365. The van der Waals surface area contributed by atoms with Gasteiger partial charge in [0.2, 0.25) is 5.91 Å². The molecule has 2 aromatic heterocycles. The number of nitrogens with one attached hydrogen (secondary N) is 2. The van der Waals surface area contributed by atoms with Gasteiger partial charge in [-0.05, 0) is 62.3 Å². The van der Waals surface area contributed by atoms with Crippen molar-refractivity contribution in [2.24, 2.45) is 5.92 Å². The SMILES string of the molecule is CC(=O)NC1CCC(Cn2cnc(-c3cc(C(=O)NCc4ccc(F)c(OCCO)c4)nc(C)n3)n2)CC1. The number of carbonyl (C=O) groups is 2. The standard InChI is InChI=1S/C26H32FN7O4/c1-16-30-22(25-29-15-34(33-25)14-18-3-6-20(7-4-18)32-17(2)36)12-23(31-16)26(37)28-13-19-5-8-21(27)24(11-19)38-10-9-35/h5,8,11-12,15,18,20,35H,3-4,6-7,9-10,13-14H2,1-2H3,(H,28,37)(H,32,36). The zero-order chi connectivity index (χ0) is 27.1. The average molecular weight is 526 g/mol. The number of rotatable bonds is 10. The third kappa shape index (κ3) is 7.31. The monoisotopic (exact) mass is 525 g/mol. The van der Waals surface area contributed by atoms with Gasteiger partial charge < -0.3 is 20.5 Å².